The Morgan fingerprint density at radius 2 is 1.16 bits per heavy atom. The summed E-state index contributed by atoms with van der Waals surface area (Å²) in [5.41, 5.74) is 3.83. The van der Waals surface area contributed by atoms with E-state index in [4.69, 9.17) is 34.1 Å². The number of pyridine rings is 2. The smallest absolute Gasteiger partial charge is 0.223 e. The van der Waals surface area contributed by atoms with Crippen molar-refractivity contribution in [3.8, 4) is 22.5 Å². The van der Waals surface area contributed by atoms with Gasteiger partial charge >= 0.3 is 0 Å². The lowest BCUT2D eigenvalue weighted by Crippen LogP contribution is -2.47. The van der Waals surface area contributed by atoms with Gasteiger partial charge in [-0.25, -0.2) is 29.9 Å². The van der Waals surface area contributed by atoms with Gasteiger partial charge in [-0.3, -0.25) is 0 Å². The summed E-state index contributed by atoms with van der Waals surface area (Å²) in [4.78, 5) is 28.6. The summed E-state index contributed by atoms with van der Waals surface area (Å²) >= 11 is 0. The number of aromatic nitrogens is 6. The van der Waals surface area contributed by atoms with Gasteiger partial charge < -0.3 is 46.1 Å². The zero-order valence-electron chi connectivity index (χ0n) is 37.8. The van der Waals surface area contributed by atoms with Crippen LogP contribution >= 0.6 is 0 Å². The molecular formula is C48H70N12O3. The summed E-state index contributed by atoms with van der Waals surface area (Å²) in [5.74, 6) is 5.33. The van der Waals surface area contributed by atoms with Crippen molar-refractivity contribution in [3.05, 3.63) is 61.2 Å². The average molecular weight is 863 g/mol. The van der Waals surface area contributed by atoms with Gasteiger partial charge in [-0.05, 0) is 138 Å². The molecule has 15 nitrogen and oxygen atoms in total. The lowest BCUT2D eigenvalue weighted by atomic mass is 9.78. The molecule has 0 aromatic carbocycles. The molecule has 0 bridgehead atoms. The van der Waals surface area contributed by atoms with Crippen LogP contribution in [-0.2, 0) is 14.2 Å². The van der Waals surface area contributed by atoms with Gasteiger partial charge in [-0.1, -0.05) is 0 Å². The van der Waals surface area contributed by atoms with Gasteiger partial charge in [0, 0.05) is 113 Å². The summed E-state index contributed by atoms with van der Waals surface area (Å²) < 4.78 is 16.3. The van der Waals surface area contributed by atoms with Gasteiger partial charge in [0.1, 0.15) is 11.6 Å². The molecule has 0 amide bonds. The maximum Gasteiger partial charge on any atom is 0.223 e. The Bertz CT molecular complexity index is 2010. The maximum absolute atomic E-state index is 5.54. The Labute approximate surface area is 373 Å². The van der Waals surface area contributed by atoms with Crippen LogP contribution < -0.4 is 31.9 Å². The van der Waals surface area contributed by atoms with E-state index in [9.17, 15) is 0 Å². The highest BCUT2D eigenvalue weighted by Gasteiger charge is 2.48. The number of hydrogen-bond acceptors (Lipinski definition) is 15. The Hall–Kier alpha value is -4.54. The summed E-state index contributed by atoms with van der Waals surface area (Å²) in [5, 5.41) is 22.3. The highest BCUT2D eigenvalue weighted by molar-refractivity contribution is 5.64. The minimum atomic E-state index is 0.276. The molecule has 3 unspecified atom stereocenters. The number of hydrogen-bond donors (Lipinski definition) is 6. The third-order valence-corrected chi connectivity index (χ3v) is 13.6. The van der Waals surface area contributed by atoms with Gasteiger partial charge in [0.2, 0.25) is 11.9 Å². The molecule has 0 radical (unpaired) electrons. The predicted molar refractivity (Wildman–Crippen MR) is 250 cm³/mol. The highest BCUT2D eigenvalue weighted by atomic mass is 16.5. The summed E-state index contributed by atoms with van der Waals surface area (Å²) in [6.07, 6.45) is 18.5. The topological polar surface area (TPSA) is 177 Å². The van der Waals surface area contributed by atoms with Crippen molar-refractivity contribution in [1.82, 2.24) is 40.5 Å². The zero-order chi connectivity index (χ0) is 43.4. The minimum Gasteiger partial charge on any atom is -0.383 e. The van der Waals surface area contributed by atoms with Crippen molar-refractivity contribution >= 4 is 23.5 Å². The maximum atomic E-state index is 5.54. The summed E-state index contributed by atoms with van der Waals surface area (Å²) in [6.45, 7) is 9.29. The minimum absolute atomic E-state index is 0.276. The number of rotatable bonds is 21. The first-order valence-corrected chi connectivity index (χ1v) is 23.6. The zero-order valence-corrected chi connectivity index (χ0v) is 37.8. The van der Waals surface area contributed by atoms with Crippen LogP contribution in [0, 0.1) is 23.7 Å². The number of nitrogens with one attached hydrogen (secondary N) is 6. The second-order valence-corrected chi connectivity index (χ2v) is 18.5. The van der Waals surface area contributed by atoms with Gasteiger partial charge in [0.15, 0.2) is 0 Å². The molecule has 4 aromatic rings. The van der Waals surface area contributed by atoms with Crippen molar-refractivity contribution in [2.75, 3.05) is 75.0 Å². The Morgan fingerprint density at radius 1 is 0.603 bits per heavy atom. The molecule has 1 aliphatic heterocycles. The number of nitrogens with zero attached hydrogens (tertiary/aromatic N) is 6. The third kappa shape index (κ3) is 13.0. The van der Waals surface area contributed by atoms with Crippen molar-refractivity contribution < 1.29 is 14.2 Å². The average Bonchev–Trinajstić information content (AvgIpc) is 4.09. The largest absolute Gasteiger partial charge is 0.383 e. The fourth-order valence-corrected chi connectivity index (χ4v) is 10.2. The number of anilines is 4. The molecular weight excluding hydrogens is 793 g/mol. The fourth-order valence-electron chi connectivity index (χ4n) is 10.2. The van der Waals surface area contributed by atoms with E-state index >= 15 is 0 Å². The van der Waals surface area contributed by atoms with Crippen molar-refractivity contribution in [3.63, 3.8) is 0 Å². The highest BCUT2D eigenvalue weighted by Crippen LogP contribution is 2.50. The summed E-state index contributed by atoms with van der Waals surface area (Å²) in [6, 6.07) is 14.5. The van der Waals surface area contributed by atoms with Crippen LogP contribution in [0.4, 0.5) is 23.5 Å². The quantitative estimate of drug-likeness (QED) is 0.0510. The molecule has 8 rings (SSSR count). The molecule has 15 heteroatoms. The molecule has 4 aromatic heterocycles. The molecule has 3 aliphatic carbocycles. The van der Waals surface area contributed by atoms with E-state index in [1.54, 1.807) is 14.2 Å². The van der Waals surface area contributed by atoms with E-state index in [1.165, 1.54) is 6.42 Å². The molecule has 340 valence electrons. The van der Waals surface area contributed by atoms with Crippen molar-refractivity contribution in [1.29, 1.82) is 0 Å². The van der Waals surface area contributed by atoms with E-state index in [2.05, 4.69) is 67.8 Å². The van der Waals surface area contributed by atoms with Crippen molar-refractivity contribution in [2.24, 2.45) is 23.7 Å². The first-order valence-electron chi connectivity index (χ1n) is 23.6. The monoisotopic (exact) mass is 863 g/mol. The van der Waals surface area contributed by atoms with Crippen LogP contribution in [0.15, 0.2) is 61.2 Å². The number of ether oxygens (including phenoxy) is 3. The van der Waals surface area contributed by atoms with Gasteiger partial charge in [0.05, 0.1) is 24.6 Å². The molecule has 4 fully saturated rings. The van der Waals surface area contributed by atoms with Crippen LogP contribution in [0.3, 0.4) is 0 Å². The first kappa shape index (κ1) is 45.0. The normalized spacial score (nSPS) is 26.1. The Kier molecular flexibility index (Phi) is 16.0. The van der Waals surface area contributed by atoms with E-state index in [0.717, 1.165) is 125 Å². The molecule has 0 spiro atoms. The molecule has 5 heterocycles. The lowest BCUT2D eigenvalue weighted by Gasteiger charge is -2.38. The van der Waals surface area contributed by atoms with Crippen LogP contribution in [-0.4, -0.2) is 120 Å². The molecule has 4 aliphatic rings. The SMILES string of the molecule is COC[C@H](C)NC1CCC(Nc2nccc(-c3ccnc(NCC4CC4C4C[C@H](N[C@@H](C)COC)CC[C@H]4Nc4nccc(-c5ccnc(NCC6CCOCC6)c5)n4)c3)n2)CC1. The molecule has 63 heavy (non-hydrogen) atoms. The van der Waals surface area contributed by atoms with Crippen LogP contribution in [0.2, 0.25) is 0 Å². The lowest BCUT2D eigenvalue weighted by molar-refractivity contribution is 0.0699. The Morgan fingerprint density at radius 3 is 1.79 bits per heavy atom. The van der Waals surface area contributed by atoms with Gasteiger partial charge in [-0.15, -0.1) is 0 Å². The number of methoxy groups -OCH3 is 2. The van der Waals surface area contributed by atoms with E-state index in [0.29, 0.717) is 72.4 Å². The Balaban J connectivity index is 0.871. The second kappa shape index (κ2) is 22.4. The van der Waals surface area contributed by atoms with Crippen molar-refractivity contribution in [2.45, 2.75) is 114 Å². The molecule has 6 N–H and O–H groups in total. The summed E-state index contributed by atoms with van der Waals surface area (Å²) in [7, 11) is 3.53. The molecule has 1 saturated heterocycles. The fraction of sp³-hybridized carbons (Fsp3) is 0.625. The van der Waals surface area contributed by atoms with E-state index in [-0.39, 0.29) is 6.04 Å². The molecule has 7 atom stereocenters. The van der Waals surface area contributed by atoms with E-state index in [1.807, 2.05) is 49.1 Å². The van der Waals surface area contributed by atoms with Crippen LogP contribution in [0.1, 0.15) is 78.1 Å². The standard InChI is InChI=1S/C48H70N12O3/c1-31(29-61-3)55-37-5-7-38(8-6-37)57-47-51-19-13-42(58-47)35-12-18-50-46(25-35)54-28-36-23-40(36)41-26-39(56-32(2)30-62-4)9-10-44(41)60-48-52-20-14-43(59-48)34-11-17-49-45(24-34)53-27-33-15-21-63-22-16-33/h11-14,17-20,24-25,31-33,36-41,44,55-56H,5-10,15-16,21-23,26-30H2,1-4H3,(H,49,53)(H,50,54)(H,51,57,58)(H,52,59,60)/t31-,32-,36?,37?,38?,39+,40?,41?,44+/m0/s1. The van der Waals surface area contributed by atoms with Gasteiger partial charge in [-0.2, -0.15) is 0 Å². The molecule has 3 saturated carbocycles. The second-order valence-electron chi connectivity index (χ2n) is 18.5. The van der Waals surface area contributed by atoms with Crippen LogP contribution in [0.5, 0.6) is 0 Å². The third-order valence-electron chi connectivity index (χ3n) is 13.6. The first-order chi connectivity index (χ1) is 30.9. The van der Waals surface area contributed by atoms with Crippen LogP contribution in [0.25, 0.3) is 22.5 Å². The predicted octanol–water partition coefficient (Wildman–Crippen LogP) is 6.90. The van der Waals surface area contributed by atoms with E-state index < -0.39 is 0 Å². The van der Waals surface area contributed by atoms with Gasteiger partial charge in [0.25, 0.3) is 0 Å².